The highest BCUT2D eigenvalue weighted by atomic mass is 19.1. The summed E-state index contributed by atoms with van der Waals surface area (Å²) in [5.41, 5.74) is 3.21. The summed E-state index contributed by atoms with van der Waals surface area (Å²) in [6.45, 7) is 3.33. The Kier molecular flexibility index (Phi) is 5.46. The van der Waals surface area contributed by atoms with Crippen molar-refractivity contribution in [2.45, 2.75) is 20.0 Å². The number of nitrogens with one attached hydrogen (secondary N) is 2. The Bertz CT molecular complexity index is 596. The third-order valence-electron chi connectivity index (χ3n) is 3.10. The second-order valence-electron chi connectivity index (χ2n) is 5.00. The van der Waals surface area contributed by atoms with E-state index in [1.165, 1.54) is 17.7 Å². The molecule has 0 saturated carbocycles. The van der Waals surface area contributed by atoms with Crippen molar-refractivity contribution < 1.29 is 9.18 Å². The van der Waals surface area contributed by atoms with Crippen LogP contribution in [0.4, 0.5) is 4.39 Å². The molecular weight excluding hydrogens is 267 g/mol. The predicted octanol–water partition coefficient (Wildman–Crippen LogP) is 2.54. The lowest BCUT2D eigenvalue weighted by Gasteiger charge is -2.07. The van der Waals surface area contributed by atoms with Gasteiger partial charge in [0.15, 0.2) is 0 Å². The number of benzene rings is 2. The van der Waals surface area contributed by atoms with Gasteiger partial charge in [0.25, 0.3) is 0 Å². The molecule has 0 radical (unpaired) electrons. The van der Waals surface area contributed by atoms with Crippen LogP contribution in [0.3, 0.4) is 0 Å². The van der Waals surface area contributed by atoms with Crippen molar-refractivity contribution in [3.63, 3.8) is 0 Å². The first-order valence-corrected chi connectivity index (χ1v) is 6.91. The maximum atomic E-state index is 12.7. The lowest BCUT2D eigenvalue weighted by molar-refractivity contribution is -0.120. The predicted molar refractivity (Wildman–Crippen MR) is 81.1 cm³/mol. The minimum Gasteiger partial charge on any atom is -0.351 e. The highest BCUT2D eigenvalue weighted by molar-refractivity contribution is 5.77. The molecule has 0 aliphatic carbocycles. The zero-order valence-electron chi connectivity index (χ0n) is 12.0. The van der Waals surface area contributed by atoms with Crippen LogP contribution in [0.1, 0.15) is 16.7 Å². The van der Waals surface area contributed by atoms with Crippen molar-refractivity contribution in [1.29, 1.82) is 0 Å². The number of rotatable bonds is 6. The fourth-order valence-corrected chi connectivity index (χ4v) is 2.01. The molecule has 0 aliphatic rings. The number of halogens is 1. The molecule has 2 aromatic rings. The summed E-state index contributed by atoms with van der Waals surface area (Å²) in [6, 6.07) is 14.3. The second kappa shape index (κ2) is 7.55. The van der Waals surface area contributed by atoms with Crippen LogP contribution in [-0.2, 0) is 17.9 Å². The molecule has 0 aliphatic heterocycles. The summed E-state index contributed by atoms with van der Waals surface area (Å²) < 4.78 is 12.7. The van der Waals surface area contributed by atoms with E-state index in [0.29, 0.717) is 13.1 Å². The van der Waals surface area contributed by atoms with Crippen molar-refractivity contribution in [2.75, 3.05) is 6.54 Å². The van der Waals surface area contributed by atoms with E-state index in [1.54, 1.807) is 12.1 Å². The summed E-state index contributed by atoms with van der Waals surface area (Å²) >= 11 is 0. The van der Waals surface area contributed by atoms with E-state index >= 15 is 0 Å². The highest BCUT2D eigenvalue weighted by Crippen LogP contribution is 2.03. The molecular formula is C17H19FN2O. The molecule has 0 bridgehead atoms. The molecule has 3 nitrogen and oxygen atoms in total. The van der Waals surface area contributed by atoms with Gasteiger partial charge in [-0.25, -0.2) is 4.39 Å². The van der Waals surface area contributed by atoms with Crippen LogP contribution in [0.2, 0.25) is 0 Å². The van der Waals surface area contributed by atoms with Gasteiger partial charge in [0.2, 0.25) is 5.91 Å². The van der Waals surface area contributed by atoms with Gasteiger partial charge < -0.3 is 10.6 Å². The van der Waals surface area contributed by atoms with Gasteiger partial charge in [-0.15, -0.1) is 0 Å². The van der Waals surface area contributed by atoms with Crippen molar-refractivity contribution in [1.82, 2.24) is 10.6 Å². The molecule has 110 valence electrons. The van der Waals surface area contributed by atoms with E-state index in [9.17, 15) is 9.18 Å². The van der Waals surface area contributed by atoms with E-state index in [0.717, 1.165) is 11.1 Å². The van der Waals surface area contributed by atoms with Gasteiger partial charge in [0.05, 0.1) is 6.54 Å². The molecule has 0 aromatic heterocycles. The van der Waals surface area contributed by atoms with E-state index in [-0.39, 0.29) is 18.3 Å². The first-order chi connectivity index (χ1) is 10.1. The Balaban J connectivity index is 1.69. The molecule has 0 atom stereocenters. The zero-order chi connectivity index (χ0) is 15.1. The van der Waals surface area contributed by atoms with Gasteiger partial charge in [-0.3, -0.25) is 4.79 Å². The number of carbonyl (C=O) groups is 1. The van der Waals surface area contributed by atoms with E-state index in [1.807, 2.05) is 31.2 Å². The van der Waals surface area contributed by atoms with Gasteiger partial charge in [-0.05, 0) is 30.2 Å². The molecule has 2 rings (SSSR count). The van der Waals surface area contributed by atoms with Crippen LogP contribution >= 0.6 is 0 Å². The second-order valence-corrected chi connectivity index (χ2v) is 5.00. The summed E-state index contributed by atoms with van der Waals surface area (Å²) in [5, 5.41) is 5.89. The summed E-state index contributed by atoms with van der Waals surface area (Å²) in [5.74, 6) is -0.312. The molecule has 0 fully saturated rings. The topological polar surface area (TPSA) is 41.1 Å². The van der Waals surface area contributed by atoms with Gasteiger partial charge in [-0.2, -0.15) is 0 Å². The van der Waals surface area contributed by atoms with Gasteiger partial charge in [0, 0.05) is 13.1 Å². The van der Waals surface area contributed by atoms with Crippen molar-refractivity contribution in [3.05, 3.63) is 71.0 Å². The Morgan fingerprint density at radius 3 is 2.52 bits per heavy atom. The van der Waals surface area contributed by atoms with Crippen LogP contribution in [0.5, 0.6) is 0 Å². The highest BCUT2D eigenvalue weighted by Gasteiger charge is 2.01. The average molecular weight is 286 g/mol. The van der Waals surface area contributed by atoms with Crippen molar-refractivity contribution in [3.8, 4) is 0 Å². The number of hydrogen-bond donors (Lipinski definition) is 2. The third-order valence-corrected chi connectivity index (χ3v) is 3.10. The Morgan fingerprint density at radius 2 is 1.81 bits per heavy atom. The fraction of sp³-hybridized carbons (Fsp3) is 0.235. The van der Waals surface area contributed by atoms with Gasteiger partial charge >= 0.3 is 0 Å². The molecule has 4 heteroatoms. The average Bonchev–Trinajstić information content (AvgIpc) is 2.47. The molecule has 1 amide bonds. The number of carbonyl (C=O) groups excluding carboxylic acids is 1. The summed E-state index contributed by atoms with van der Waals surface area (Å²) in [6.07, 6.45) is 0. The van der Waals surface area contributed by atoms with Gasteiger partial charge in [-0.1, -0.05) is 42.0 Å². The monoisotopic (exact) mass is 286 g/mol. The van der Waals surface area contributed by atoms with Crippen molar-refractivity contribution >= 4 is 5.91 Å². The normalized spacial score (nSPS) is 10.4. The van der Waals surface area contributed by atoms with Crippen LogP contribution in [0.25, 0.3) is 0 Å². The maximum absolute atomic E-state index is 12.7. The Morgan fingerprint density at radius 1 is 1.05 bits per heavy atom. The van der Waals surface area contributed by atoms with E-state index in [2.05, 4.69) is 10.6 Å². The molecule has 0 spiro atoms. The zero-order valence-corrected chi connectivity index (χ0v) is 12.0. The van der Waals surface area contributed by atoms with Crippen molar-refractivity contribution in [2.24, 2.45) is 0 Å². The minimum atomic E-state index is -0.255. The number of amides is 1. The summed E-state index contributed by atoms with van der Waals surface area (Å²) in [4.78, 5) is 11.7. The smallest absolute Gasteiger partial charge is 0.234 e. The van der Waals surface area contributed by atoms with E-state index < -0.39 is 0 Å². The molecule has 21 heavy (non-hydrogen) atoms. The SMILES string of the molecule is Cc1cccc(CNC(=O)CNCc2ccc(F)cc2)c1. The van der Waals surface area contributed by atoms with Crippen LogP contribution in [0, 0.1) is 12.7 Å². The first kappa shape index (κ1) is 15.2. The fourth-order valence-electron chi connectivity index (χ4n) is 2.01. The first-order valence-electron chi connectivity index (χ1n) is 6.91. The third kappa shape index (κ3) is 5.36. The lowest BCUT2D eigenvalue weighted by atomic mass is 10.1. The quantitative estimate of drug-likeness (QED) is 0.857. The number of hydrogen-bond acceptors (Lipinski definition) is 2. The Hall–Kier alpha value is -2.20. The molecule has 2 N–H and O–H groups in total. The van der Waals surface area contributed by atoms with Gasteiger partial charge in [0.1, 0.15) is 5.82 Å². The lowest BCUT2D eigenvalue weighted by Crippen LogP contribution is -2.33. The largest absolute Gasteiger partial charge is 0.351 e. The standard InChI is InChI=1S/C17H19FN2O/c1-13-3-2-4-15(9-13)11-20-17(21)12-19-10-14-5-7-16(18)8-6-14/h2-9,19H,10-12H2,1H3,(H,20,21). The van der Waals surface area contributed by atoms with Crippen LogP contribution in [0.15, 0.2) is 48.5 Å². The Labute approximate surface area is 124 Å². The molecule has 2 aromatic carbocycles. The minimum absolute atomic E-state index is 0.0568. The maximum Gasteiger partial charge on any atom is 0.234 e. The molecule has 0 saturated heterocycles. The summed E-state index contributed by atoms with van der Waals surface area (Å²) in [7, 11) is 0. The van der Waals surface area contributed by atoms with E-state index in [4.69, 9.17) is 0 Å². The number of aryl methyl sites for hydroxylation is 1. The molecule has 0 heterocycles. The molecule has 0 unspecified atom stereocenters. The van der Waals surface area contributed by atoms with Crippen LogP contribution < -0.4 is 10.6 Å². The van der Waals surface area contributed by atoms with Crippen LogP contribution in [-0.4, -0.2) is 12.5 Å².